The van der Waals surface area contributed by atoms with Gasteiger partial charge >= 0.3 is 0 Å². The first-order valence-corrected chi connectivity index (χ1v) is 6.66. The third kappa shape index (κ3) is 4.05. The quantitative estimate of drug-likeness (QED) is 0.319. The normalized spacial score (nSPS) is 22.6. The molecule has 2 amide bonds. The van der Waals surface area contributed by atoms with E-state index in [9.17, 15) is 9.59 Å². The highest BCUT2D eigenvalue weighted by Crippen LogP contribution is 1.99. The summed E-state index contributed by atoms with van der Waals surface area (Å²) in [6.07, 6.45) is 1.40. The fourth-order valence-corrected chi connectivity index (χ4v) is 2.18. The van der Waals surface area contributed by atoms with E-state index in [-0.39, 0.29) is 5.11 Å². The third-order valence-electron chi connectivity index (χ3n) is 3.05. The van der Waals surface area contributed by atoms with Crippen LogP contribution in [0.1, 0.15) is 0 Å². The number of amides is 2. The molecule has 2 aliphatic rings. The van der Waals surface area contributed by atoms with Crippen LogP contribution < -0.4 is 16.0 Å². The molecule has 2 saturated heterocycles. The molecule has 0 aromatic carbocycles. The molecule has 2 fully saturated rings. The van der Waals surface area contributed by atoms with E-state index in [0.717, 1.165) is 32.7 Å². The van der Waals surface area contributed by atoms with Gasteiger partial charge in [-0.25, -0.2) is 0 Å². The predicted molar refractivity (Wildman–Crippen MR) is 75.0 cm³/mol. The van der Waals surface area contributed by atoms with Crippen molar-refractivity contribution < 1.29 is 9.59 Å². The van der Waals surface area contributed by atoms with Crippen LogP contribution in [-0.4, -0.2) is 67.3 Å². The largest absolute Gasteiger partial charge is 0.314 e. The van der Waals surface area contributed by atoms with E-state index in [0.29, 0.717) is 6.54 Å². The minimum Gasteiger partial charge on any atom is -0.314 e. The van der Waals surface area contributed by atoms with E-state index in [4.69, 9.17) is 12.2 Å². The Hall–Kier alpha value is -1.38. The summed E-state index contributed by atoms with van der Waals surface area (Å²) >= 11 is 4.71. The Kier molecular flexibility index (Phi) is 4.94. The fraction of sp³-hybridized carbons (Fsp3) is 0.636. The number of nitrogens with one attached hydrogen (secondary N) is 3. The number of carbonyl (C=O) groups is 2. The number of rotatable bonds is 4. The van der Waals surface area contributed by atoms with Crippen LogP contribution in [0, 0.1) is 5.92 Å². The average molecular weight is 283 g/mol. The Morgan fingerprint density at radius 2 is 1.89 bits per heavy atom. The van der Waals surface area contributed by atoms with Crippen molar-refractivity contribution in [2.24, 2.45) is 10.9 Å². The number of carbonyl (C=O) groups excluding carboxylic acids is 2. The molecular weight excluding hydrogens is 266 g/mol. The van der Waals surface area contributed by atoms with Gasteiger partial charge in [0.25, 0.3) is 0 Å². The molecule has 3 N–H and O–H groups in total. The highest BCUT2D eigenvalue weighted by Gasteiger charge is 2.30. The molecule has 7 nitrogen and oxygen atoms in total. The average Bonchev–Trinajstić information content (AvgIpc) is 2.38. The van der Waals surface area contributed by atoms with Crippen molar-refractivity contribution in [3.63, 3.8) is 0 Å². The van der Waals surface area contributed by atoms with Crippen molar-refractivity contribution in [1.82, 2.24) is 20.9 Å². The number of hydrogen-bond acceptors (Lipinski definition) is 6. The molecule has 19 heavy (non-hydrogen) atoms. The van der Waals surface area contributed by atoms with Crippen molar-refractivity contribution in [2.75, 3.05) is 39.3 Å². The van der Waals surface area contributed by atoms with Gasteiger partial charge in [-0.3, -0.25) is 19.5 Å². The summed E-state index contributed by atoms with van der Waals surface area (Å²) in [7, 11) is 0. The van der Waals surface area contributed by atoms with Crippen LogP contribution in [0.15, 0.2) is 4.99 Å². The van der Waals surface area contributed by atoms with Crippen molar-refractivity contribution in [1.29, 1.82) is 0 Å². The summed E-state index contributed by atoms with van der Waals surface area (Å²) in [5.74, 6) is -1.71. The highest BCUT2D eigenvalue weighted by atomic mass is 32.1. The SMILES string of the molecule is O=C1NC(=S)NC(=O)C1C=NCCN1CCNCC1. The van der Waals surface area contributed by atoms with Crippen molar-refractivity contribution >= 4 is 35.4 Å². The van der Waals surface area contributed by atoms with Crippen LogP contribution in [0.5, 0.6) is 0 Å². The fourth-order valence-electron chi connectivity index (χ4n) is 1.98. The first-order chi connectivity index (χ1) is 9.16. The van der Waals surface area contributed by atoms with Crippen molar-refractivity contribution in [3.8, 4) is 0 Å². The van der Waals surface area contributed by atoms with Gasteiger partial charge in [0.2, 0.25) is 11.8 Å². The zero-order valence-corrected chi connectivity index (χ0v) is 11.3. The number of thiocarbonyl (C=S) groups is 1. The Morgan fingerprint density at radius 1 is 1.26 bits per heavy atom. The summed E-state index contributed by atoms with van der Waals surface area (Å²) in [6.45, 7) is 5.43. The maximum atomic E-state index is 11.5. The maximum Gasteiger partial charge on any atom is 0.244 e. The Bertz CT molecular complexity index is 386. The van der Waals surface area contributed by atoms with Crippen LogP contribution in [0.3, 0.4) is 0 Å². The molecule has 0 aromatic rings. The van der Waals surface area contributed by atoms with E-state index in [1.165, 1.54) is 6.21 Å². The minimum atomic E-state index is -0.880. The van der Waals surface area contributed by atoms with Gasteiger partial charge in [0, 0.05) is 38.9 Å². The molecule has 0 unspecified atom stereocenters. The van der Waals surface area contributed by atoms with E-state index in [1.807, 2.05) is 0 Å². The number of aliphatic imine (C=N–C) groups is 1. The summed E-state index contributed by atoms with van der Waals surface area (Å²) in [5, 5.41) is 8.13. The topological polar surface area (TPSA) is 85.8 Å². The number of piperazine rings is 1. The molecule has 0 atom stereocenters. The first kappa shape index (κ1) is 14.0. The second kappa shape index (κ2) is 6.69. The second-order valence-electron chi connectivity index (χ2n) is 4.43. The lowest BCUT2D eigenvalue weighted by Crippen LogP contribution is -2.56. The van der Waals surface area contributed by atoms with Crippen molar-refractivity contribution in [3.05, 3.63) is 0 Å². The molecule has 0 bridgehead atoms. The van der Waals surface area contributed by atoms with Crippen LogP contribution in [0.4, 0.5) is 0 Å². The molecule has 0 spiro atoms. The van der Waals surface area contributed by atoms with Gasteiger partial charge in [-0.15, -0.1) is 0 Å². The summed E-state index contributed by atoms with van der Waals surface area (Å²) < 4.78 is 0. The Labute approximate surface area is 116 Å². The van der Waals surface area contributed by atoms with Gasteiger partial charge in [-0.2, -0.15) is 0 Å². The monoisotopic (exact) mass is 283 g/mol. The van der Waals surface area contributed by atoms with Gasteiger partial charge in [-0.1, -0.05) is 0 Å². The van der Waals surface area contributed by atoms with Gasteiger partial charge < -0.3 is 16.0 Å². The molecule has 0 aliphatic carbocycles. The molecule has 8 heteroatoms. The molecule has 0 radical (unpaired) electrons. The molecular formula is C11H17N5O2S. The second-order valence-corrected chi connectivity index (χ2v) is 4.84. The van der Waals surface area contributed by atoms with Crippen LogP contribution in [0.25, 0.3) is 0 Å². The lowest BCUT2D eigenvalue weighted by molar-refractivity contribution is -0.131. The molecule has 2 rings (SSSR count). The molecule has 2 heterocycles. The van der Waals surface area contributed by atoms with E-state index in [2.05, 4.69) is 25.8 Å². The molecule has 2 aliphatic heterocycles. The van der Waals surface area contributed by atoms with Gasteiger partial charge in [-0.05, 0) is 12.2 Å². The third-order valence-corrected chi connectivity index (χ3v) is 3.25. The van der Waals surface area contributed by atoms with E-state index < -0.39 is 17.7 Å². The van der Waals surface area contributed by atoms with E-state index >= 15 is 0 Å². The van der Waals surface area contributed by atoms with Crippen LogP contribution >= 0.6 is 12.2 Å². The maximum absolute atomic E-state index is 11.5. The zero-order chi connectivity index (χ0) is 13.7. The van der Waals surface area contributed by atoms with E-state index in [1.54, 1.807) is 0 Å². The summed E-state index contributed by atoms with van der Waals surface area (Å²) in [4.78, 5) is 29.5. The summed E-state index contributed by atoms with van der Waals surface area (Å²) in [5.41, 5.74) is 0. The predicted octanol–water partition coefficient (Wildman–Crippen LogP) is -1.89. The van der Waals surface area contributed by atoms with Gasteiger partial charge in [0.1, 0.15) is 0 Å². The molecule has 104 valence electrons. The summed E-state index contributed by atoms with van der Waals surface area (Å²) in [6, 6.07) is 0. The molecule has 0 aromatic heterocycles. The number of nitrogens with zero attached hydrogens (tertiary/aromatic N) is 2. The lowest BCUT2D eigenvalue weighted by Gasteiger charge is -2.26. The lowest BCUT2D eigenvalue weighted by atomic mass is 10.1. The van der Waals surface area contributed by atoms with Gasteiger partial charge in [0.15, 0.2) is 11.0 Å². The Morgan fingerprint density at radius 3 is 2.53 bits per heavy atom. The Balaban J connectivity index is 1.76. The smallest absolute Gasteiger partial charge is 0.244 e. The zero-order valence-electron chi connectivity index (χ0n) is 10.5. The van der Waals surface area contributed by atoms with Crippen LogP contribution in [0.2, 0.25) is 0 Å². The van der Waals surface area contributed by atoms with Crippen molar-refractivity contribution in [2.45, 2.75) is 0 Å². The molecule has 0 saturated carbocycles. The standard InChI is InChI=1S/C11H17N5O2S/c17-9-8(10(18)15-11(19)14-9)7-13-3-6-16-4-1-12-2-5-16/h7-8,12H,1-6H2,(H2,14,15,17,18,19). The minimum absolute atomic E-state index is 0.0560. The van der Waals surface area contributed by atoms with Crippen LogP contribution in [-0.2, 0) is 9.59 Å². The number of hydrogen-bond donors (Lipinski definition) is 3. The highest BCUT2D eigenvalue weighted by molar-refractivity contribution is 7.80. The van der Waals surface area contributed by atoms with Gasteiger partial charge in [0.05, 0.1) is 6.54 Å². The first-order valence-electron chi connectivity index (χ1n) is 6.25.